The Labute approximate surface area is 95.9 Å². The quantitative estimate of drug-likeness (QED) is 0.747. The van der Waals surface area contributed by atoms with Crippen LogP contribution in [0.1, 0.15) is 5.76 Å². The summed E-state index contributed by atoms with van der Waals surface area (Å²) in [6.45, 7) is 0.454. The van der Waals surface area contributed by atoms with E-state index in [1.807, 2.05) is 14.1 Å². The molecule has 0 amide bonds. The molecule has 7 heteroatoms. The summed E-state index contributed by atoms with van der Waals surface area (Å²) in [5.74, 6) is 0.578. The Hall–Kier alpha value is -0.890. The smallest absolute Gasteiger partial charge is 0.275 e. The molecule has 1 N–H and O–H groups in total. The SMILES string of the molecule is CN(C)NCc1ccc(S(=O)(=O)N(C)C)o1. The van der Waals surface area contributed by atoms with E-state index in [-0.39, 0.29) is 5.09 Å². The van der Waals surface area contributed by atoms with E-state index in [9.17, 15) is 8.42 Å². The van der Waals surface area contributed by atoms with Crippen LogP contribution < -0.4 is 5.43 Å². The second-order valence-corrected chi connectivity index (χ2v) is 5.82. The van der Waals surface area contributed by atoms with Crippen molar-refractivity contribution in [1.82, 2.24) is 14.7 Å². The van der Waals surface area contributed by atoms with E-state index in [2.05, 4.69) is 5.43 Å². The topological polar surface area (TPSA) is 65.8 Å². The van der Waals surface area contributed by atoms with E-state index in [4.69, 9.17) is 4.42 Å². The molecule has 0 aromatic carbocycles. The molecule has 0 aliphatic rings. The molecule has 0 saturated carbocycles. The highest BCUT2D eigenvalue weighted by Gasteiger charge is 2.21. The van der Waals surface area contributed by atoms with E-state index in [0.29, 0.717) is 12.3 Å². The van der Waals surface area contributed by atoms with Gasteiger partial charge in [0, 0.05) is 28.2 Å². The molecule has 92 valence electrons. The largest absolute Gasteiger partial charge is 0.447 e. The van der Waals surface area contributed by atoms with Gasteiger partial charge < -0.3 is 4.42 Å². The highest BCUT2D eigenvalue weighted by Crippen LogP contribution is 2.16. The van der Waals surface area contributed by atoms with Crippen molar-refractivity contribution in [2.45, 2.75) is 11.6 Å². The highest BCUT2D eigenvalue weighted by atomic mass is 32.2. The van der Waals surface area contributed by atoms with Gasteiger partial charge in [-0.2, -0.15) is 0 Å². The Kier molecular flexibility index (Phi) is 4.09. The Morgan fingerprint density at radius 2 is 1.88 bits per heavy atom. The Balaban J connectivity index is 2.80. The molecule has 0 unspecified atom stereocenters. The van der Waals surface area contributed by atoms with Crippen LogP contribution in [-0.2, 0) is 16.6 Å². The minimum atomic E-state index is -3.47. The first-order chi connectivity index (χ1) is 7.34. The zero-order valence-electron chi connectivity index (χ0n) is 9.89. The van der Waals surface area contributed by atoms with Gasteiger partial charge in [0.2, 0.25) is 5.09 Å². The summed E-state index contributed by atoms with van der Waals surface area (Å²) >= 11 is 0. The van der Waals surface area contributed by atoms with Gasteiger partial charge in [0.05, 0.1) is 6.54 Å². The van der Waals surface area contributed by atoms with Gasteiger partial charge in [-0.25, -0.2) is 18.1 Å². The van der Waals surface area contributed by atoms with Crippen molar-refractivity contribution in [3.63, 3.8) is 0 Å². The van der Waals surface area contributed by atoms with Crippen LogP contribution in [0.3, 0.4) is 0 Å². The third-order valence-electron chi connectivity index (χ3n) is 1.94. The average molecular weight is 247 g/mol. The fraction of sp³-hybridized carbons (Fsp3) is 0.556. The first-order valence-corrected chi connectivity index (χ1v) is 6.20. The van der Waals surface area contributed by atoms with Gasteiger partial charge in [0.1, 0.15) is 5.76 Å². The fourth-order valence-electron chi connectivity index (χ4n) is 1.01. The maximum atomic E-state index is 11.7. The van der Waals surface area contributed by atoms with Gasteiger partial charge in [-0.1, -0.05) is 0 Å². The van der Waals surface area contributed by atoms with Gasteiger partial charge in [-0.3, -0.25) is 5.01 Å². The maximum Gasteiger partial charge on any atom is 0.275 e. The normalized spacial score (nSPS) is 12.6. The van der Waals surface area contributed by atoms with E-state index >= 15 is 0 Å². The lowest BCUT2D eigenvalue weighted by Crippen LogP contribution is -2.29. The van der Waals surface area contributed by atoms with E-state index in [0.717, 1.165) is 4.31 Å². The molecule has 0 fully saturated rings. The van der Waals surface area contributed by atoms with Crippen molar-refractivity contribution in [2.75, 3.05) is 28.2 Å². The standard InChI is InChI=1S/C9H17N3O3S/c1-11(2)10-7-8-5-6-9(15-8)16(13,14)12(3)4/h5-6,10H,7H2,1-4H3. The number of hydrazine groups is 1. The molecule has 0 spiro atoms. The fourth-order valence-corrected chi connectivity index (χ4v) is 1.82. The monoisotopic (exact) mass is 247 g/mol. The minimum absolute atomic E-state index is 0.0342. The molecular formula is C9H17N3O3S. The number of nitrogens with zero attached hydrogens (tertiary/aromatic N) is 2. The predicted octanol–water partition coefficient (Wildman–Crippen LogP) is 0.0961. The van der Waals surface area contributed by atoms with Gasteiger partial charge in [-0.15, -0.1) is 0 Å². The molecule has 1 aromatic rings. The lowest BCUT2D eigenvalue weighted by Gasteiger charge is -2.10. The molecule has 0 aliphatic carbocycles. The molecule has 0 atom stereocenters. The molecule has 0 radical (unpaired) electrons. The summed E-state index contributed by atoms with van der Waals surface area (Å²) < 4.78 is 29.7. The summed E-state index contributed by atoms with van der Waals surface area (Å²) in [5.41, 5.74) is 2.99. The summed E-state index contributed by atoms with van der Waals surface area (Å²) in [6, 6.07) is 3.11. The lowest BCUT2D eigenvalue weighted by molar-refractivity contribution is 0.264. The van der Waals surface area contributed by atoms with E-state index in [1.165, 1.54) is 20.2 Å². The van der Waals surface area contributed by atoms with Crippen LogP contribution in [0.4, 0.5) is 0 Å². The molecule has 0 saturated heterocycles. The molecular weight excluding hydrogens is 230 g/mol. The first kappa shape index (κ1) is 13.2. The number of hydrogen-bond acceptors (Lipinski definition) is 5. The van der Waals surface area contributed by atoms with Crippen molar-refractivity contribution in [3.05, 3.63) is 17.9 Å². The van der Waals surface area contributed by atoms with E-state index in [1.54, 1.807) is 11.1 Å². The third kappa shape index (κ3) is 3.05. The molecule has 0 aliphatic heterocycles. The summed E-state index contributed by atoms with van der Waals surface area (Å²) in [4.78, 5) is 0. The molecule has 0 bridgehead atoms. The third-order valence-corrected chi connectivity index (χ3v) is 3.63. The van der Waals surface area contributed by atoms with Crippen molar-refractivity contribution in [3.8, 4) is 0 Å². The van der Waals surface area contributed by atoms with Crippen LogP contribution in [0, 0.1) is 0 Å². The lowest BCUT2D eigenvalue weighted by atomic mass is 10.5. The predicted molar refractivity (Wildman–Crippen MR) is 60.1 cm³/mol. The second-order valence-electron chi connectivity index (χ2n) is 3.74. The van der Waals surface area contributed by atoms with Gasteiger partial charge in [-0.05, 0) is 12.1 Å². The molecule has 1 aromatic heterocycles. The van der Waals surface area contributed by atoms with Gasteiger partial charge in [0.25, 0.3) is 10.0 Å². The van der Waals surface area contributed by atoms with Gasteiger partial charge >= 0.3 is 0 Å². The summed E-state index contributed by atoms with van der Waals surface area (Å²) in [5, 5.41) is 1.73. The summed E-state index contributed by atoms with van der Waals surface area (Å²) in [7, 11) is 3.16. The second kappa shape index (κ2) is 4.96. The van der Waals surface area contributed by atoms with Crippen molar-refractivity contribution < 1.29 is 12.8 Å². The molecule has 1 heterocycles. The Morgan fingerprint density at radius 3 is 2.38 bits per heavy atom. The Morgan fingerprint density at radius 1 is 1.25 bits per heavy atom. The van der Waals surface area contributed by atoms with Crippen molar-refractivity contribution in [1.29, 1.82) is 0 Å². The van der Waals surface area contributed by atoms with Crippen LogP contribution in [0.15, 0.2) is 21.6 Å². The molecule has 6 nitrogen and oxygen atoms in total. The van der Waals surface area contributed by atoms with Crippen LogP contribution in [-0.4, -0.2) is 45.9 Å². The Bertz CT molecular complexity index is 437. The van der Waals surface area contributed by atoms with Crippen LogP contribution in [0.25, 0.3) is 0 Å². The summed E-state index contributed by atoms with van der Waals surface area (Å²) in [6.07, 6.45) is 0. The van der Waals surface area contributed by atoms with Crippen LogP contribution in [0.2, 0.25) is 0 Å². The molecule has 1 rings (SSSR count). The zero-order chi connectivity index (χ0) is 12.3. The van der Waals surface area contributed by atoms with Crippen molar-refractivity contribution >= 4 is 10.0 Å². The van der Waals surface area contributed by atoms with Crippen LogP contribution in [0.5, 0.6) is 0 Å². The van der Waals surface area contributed by atoms with Crippen LogP contribution >= 0.6 is 0 Å². The average Bonchev–Trinajstić information content (AvgIpc) is 2.63. The first-order valence-electron chi connectivity index (χ1n) is 4.76. The maximum absolute atomic E-state index is 11.7. The number of rotatable bonds is 5. The number of nitrogens with one attached hydrogen (secondary N) is 1. The number of sulfonamides is 1. The van der Waals surface area contributed by atoms with Crippen molar-refractivity contribution in [2.24, 2.45) is 0 Å². The minimum Gasteiger partial charge on any atom is -0.447 e. The van der Waals surface area contributed by atoms with E-state index < -0.39 is 10.0 Å². The highest BCUT2D eigenvalue weighted by molar-refractivity contribution is 7.88. The zero-order valence-corrected chi connectivity index (χ0v) is 10.7. The number of furan rings is 1. The number of hydrogen-bond donors (Lipinski definition) is 1. The van der Waals surface area contributed by atoms with Gasteiger partial charge in [0.15, 0.2) is 0 Å². The molecule has 16 heavy (non-hydrogen) atoms.